The normalized spacial score (nSPS) is 17.6. The van der Waals surface area contributed by atoms with Crippen molar-refractivity contribution in [2.24, 2.45) is 4.99 Å². The van der Waals surface area contributed by atoms with E-state index >= 15 is 0 Å². The number of benzene rings is 2. The summed E-state index contributed by atoms with van der Waals surface area (Å²) < 4.78 is 49.2. The Bertz CT molecular complexity index is 1470. The maximum absolute atomic E-state index is 14.1. The van der Waals surface area contributed by atoms with Crippen LogP contribution in [0.25, 0.3) is 5.69 Å². The lowest BCUT2D eigenvalue weighted by atomic mass is 9.96. The van der Waals surface area contributed by atoms with E-state index in [9.17, 15) is 18.0 Å². The van der Waals surface area contributed by atoms with Crippen LogP contribution in [0.15, 0.2) is 70.7 Å². The summed E-state index contributed by atoms with van der Waals surface area (Å²) in [5.74, 6) is -3.56. The van der Waals surface area contributed by atoms with Gasteiger partial charge in [-0.1, -0.05) is 17.7 Å². The first-order valence-electron chi connectivity index (χ1n) is 11.5. The smallest absolute Gasteiger partial charge is 0.247 e. The number of amidine groups is 1. The Kier molecular flexibility index (Phi) is 6.64. The van der Waals surface area contributed by atoms with Crippen molar-refractivity contribution in [1.82, 2.24) is 14.5 Å². The van der Waals surface area contributed by atoms with E-state index < -0.39 is 23.5 Å². The molecule has 10 heteroatoms. The molecule has 37 heavy (non-hydrogen) atoms. The average molecular weight is 527 g/mol. The van der Waals surface area contributed by atoms with Crippen molar-refractivity contribution in [2.45, 2.75) is 32.2 Å². The number of carbonyl (C=O) groups excluding carboxylic acids is 1. The first-order valence-corrected chi connectivity index (χ1v) is 11.9. The summed E-state index contributed by atoms with van der Waals surface area (Å²) in [6.45, 7) is 1.90. The first-order chi connectivity index (χ1) is 17.7. The number of methoxy groups -OCH3 is 1. The number of rotatable bonds is 5. The number of hydrogen-bond donors (Lipinski definition) is 0. The molecule has 0 spiro atoms. The van der Waals surface area contributed by atoms with E-state index in [0.717, 1.165) is 29.1 Å². The van der Waals surface area contributed by atoms with Gasteiger partial charge in [0, 0.05) is 30.8 Å². The summed E-state index contributed by atoms with van der Waals surface area (Å²) in [4.78, 5) is 22.7. The molecule has 1 aromatic heterocycles. The van der Waals surface area contributed by atoms with Crippen molar-refractivity contribution >= 4 is 23.3 Å². The summed E-state index contributed by atoms with van der Waals surface area (Å²) in [5.41, 5.74) is 3.37. The molecule has 3 aromatic rings. The van der Waals surface area contributed by atoms with Gasteiger partial charge in [-0.3, -0.25) is 4.79 Å². The molecule has 3 heterocycles. The number of aryl methyl sites for hydroxylation is 1. The van der Waals surface area contributed by atoms with Crippen LogP contribution in [0, 0.1) is 24.4 Å². The zero-order valence-corrected chi connectivity index (χ0v) is 20.8. The Balaban J connectivity index is 1.50. The molecule has 2 aliphatic heterocycles. The van der Waals surface area contributed by atoms with Crippen molar-refractivity contribution in [1.29, 1.82) is 0 Å². The highest BCUT2D eigenvalue weighted by atomic mass is 35.5. The monoisotopic (exact) mass is 526 g/mol. The predicted molar refractivity (Wildman–Crippen MR) is 133 cm³/mol. The van der Waals surface area contributed by atoms with Gasteiger partial charge in [0.25, 0.3) is 0 Å². The van der Waals surface area contributed by atoms with Crippen LogP contribution in [0.2, 0.25) is 0 Å². The fourth-order valence-corrected chi connectivity index (χ4v) is 4.85. The highest BCUT2D eigenvalue weighted by molar-refractivity contribution is 6.32. The number of fused-ring (bicyclic) bond motifs is 1. The minimum Gasteiger partial charge on any atom is -0.495 e. The molecule has 2 aromatic carbocycles. The third-order valence-electron chi connectivity index (χ3n) is 6.32. The second-order valence-corrected chi connectivity index (χ2v) is 9.31. The van der Waals surface area contributed by atoms with Gasteiger partial charge >= 0.3 is 0 Å². The number of imidazole rings is 1. The van der Waals surface area contributed by atoms with Crippen LogP contribution in [0.5, 0.6) is 5.75 Å². The summed E-state index contributed by atoms with van der Waals surface area (Å²) in [6.07, 6.45) is 7.48. The Morgan fingerprint density at radius 2 is 1.92 bits per heavy atom. The number of aromatic nitrogens is 2. The molecule has 1 amide bonds. The summed E-state index contributed by atoms with van der Waals surface area (Å²) >= 11 is 6.45. The number of ether oxygens (including phenoxy) is 1. The lowest BCUT2D eigenvalue weighted by Gasteiger charge is -2.33. The first kappa shape index (κ1) is 24.8. The summed E-state index contributed by atoms with van der Waals surface area (Å²) in [5, 5.41) is 0.355. The quantitative estimate of drug-likeness (QED) is 0.387. The van der Waals surface area contributed by atoms with Gasteiger partial charge in [0.05, 0.1) is 35.9 Å². The zero-order valence-electron chi connectivity index (χ0n) is 20.0. The lowest BCUT2D eigenvalue weighted by molar-refractivity contribution is -0.117. The van der Waals surface area contributed by atoms with Crippen molar-refractivity contribution in [3.63, 3.8) is 0 Å². The largest absolute Gasteiger partial charge is 0.495 e. The number of amides is 1. The van der Waals surface area contributed by atoms with Crippen LogP contribution >= 0.6 is 11.6 Å². The Morgan fingerprint density at radius 1 is 1.16 bits per heavy atom. The van der Waals surface area contributed by atoms with E-state index in [1.54, 1.807) is 30.6 Å². The van der Waals surface area contributed by atoms with Crippen LogP contribution < -0.4 is 4.74 Å². The summed E-state index contributed by atoms with van der Waals surface area (Å²) in [7, 11) is 1.58. The van der Waals surface area contributed by atoms with Gasteiger partial charge in [-0.25, -0.2) is 18.2 Å². The van der Waals surface area contributed by atoms with E-state index in [1.807, 2.05) is 35.9 Å². The van der Waals surface area contributed by atoms with Crippen LogP contribution in [-0.2, 0) is 11.2 Å². The maximum Gasteiger partial charge on any atom is 0.247 e. The Hall–Kier alpha value is -3.85. The fourth-order valence-electron chi connectivity index (χ4n) is 4.61. The third-order valence-corrected chi connectivity index (χ3v) is 6.53. The van der Waals surface area contributed by atoms with Gasteiger partial charge in [0.2, 0.25) is 5.91 Å². The van der Waals surface area contributed by atoms with Crippen LogP contribution in [-0.4, -0.2) is 33.3 Å². The SMILES string of the molecule is COc1cc(CC2=CC(Cl)=CN3C2=NC(=O)CCC3c2cc(F)c(F)c(F)c2)ccc1-n1cnc(C)c1. The number of allylic oxidation sites excluding steroid dienone is 2. The standard InChI is InChI=1S/C27H22ClF3N4O2/c1-15-12-34(14-32-15)23-4-3-16(8-24(23)37-2)7-18-9-19(28)13-35-22(5-6-25(36)33-27(18)35)17-10-20(29)26(31)21(30)11-17/h3-4,8-14,22H,5-7H2,1-2H3. The zero-order chi connectivity index (χ0) is 26.3. The molecule has 190 valence electrons. The molecular weight excluding hydrogens is 505 g/mol. The van der Waals surface area contributed by atoms with E-state index in [2.05, 4.69) is 9.98 Å². The van der Waals surface area contributed by atoms with Crippen LogP contribution in [0.3, 0.4) is 0 Å². The Morgan fingerprint density at radius 3 is 2.59 bits per heavy atom. The van der Waals surface area contributed by atoms with Crippen molar-refractivity contribution in [2.75, 3.05) is 7.11 Å². The molecule has 0 aliphatic carbocycles. The molecule has 0 bridgehead atoms. The van der Waals surface area contributed by atoms with Crippen LogP contribution in [0.4, 0.5) is 13.2 Å². The molecule has 0 N–H and O–H groups in total. The van der Waals surface area contributed by atoms with Gasteiger partial charge < -0.3 is 14.2 Å². The van der Waals surface area contributed by atoms with Crippen molar-refractivity contribution in [3.8, 4) is 11.4 Å². The second kappa shape index (κ2) is 9.89. The number of halogens is 4. The lowest BCUT2D eigenvalue weighted by Crippen LogP contribution is -2.33. The average Bonchev–Trinajstić information content (AvgIpc) is 3.22. The molecular formula is C27H22ClF3N4O2. The second-order valence-electron chi connectivity index (χ2n) is 8.88. The topological polar surface area (TPSA) is 59.7 Å². The van der Waals surface area contributed by atoms with Crippen molar-refractivity contribution < 1.29 is 22.7 Å². The van der Waals surface area contributed by atoms with E-state index in [0.29, 0.717) is 28.6 Å². The molecule has 5 rings (SSSR count). The van der Waals surface area contributed by atoms with E-state index in [1.165, 1.54) is 0 Å². The number of aliphatic imine (C=N–C) groups is 1. The molecule has 0 saturated carbocycles. The Labute approximate surface area is 216 Å². The van der Waals surface area contributed by atoms with Gasteiger partial charge in [-0.2, -0.15) is 4.99 Å². The minimum atomic E-state index is -1.54. The van der Waals surface area contributed by atoms with E-state index in [4.69, 9.17) is 16.3 Å². The highest BCUT2D eigenvalue weighted by Crippen LogP contribution is 2.36. The fraction of sp³-hybridized carbons (Fsp3) is 0.222. The predicted octanol–water partition coefficient (Wildman–Crippen LogP) is 5.93. The molecule has 0 saturated heterocycles. The van der Waals surface area contributed by atoms with E-state index in [-0.39, 0.29) is 24.3 Å². The number of carbonyl (C=O) groups is 1. The molecule has 2 aliphatic rings. The third kappa shape index (κ3) is 4.91. The van der Waals surface area contributed by atoms with Crippen molar-refractivity contribution in [3.05, 3.63) is 100 Å². The van der Waals surface area contributed by atoms with Gasteiger partial charge in [-0.05, 0) is 54.8 Å². The summed E-state index contributed by atoms with van der Waals surface area (Å²) in [6, 6.07) is 6.92. The van der Waals surface area contributed by atoms with Crippen LogP contribution in [0.1, 0.15) is 35.7 Å². The van der Waals surface area contributed by atoms with Gasteiger partial charge in [0.1, 0.15) is 11.6 Å². The van der Waals surface area contributed by atoms with Gasteiger partial charge in [0.15, 0.2) is 17.5 Å². The minimum absolute atomic E-state index is 0.0524. The number of nitrogens with zero attached hydrogens (tertiary/aromatic N) is 4. The highest BCUT2D eigenvalue weighted by Gasteiger charge is 2.32. The molecule has 1 atom stereocenters. The van der Waals surface area contributed by atoms with Gasteiger partial charge in [-0.15, -0.1) is 0 Å². The molecule has 0 radical (unpaired) electrons. The maximum atomic E-state index is 14.1. The molecule has 0 fully saturated rings. The molecule has 1 unspecified atom stereocenters. The molecule has 6 nitrogen and oxygen atoms in total. The number of hydrogen-bond acceptors (Lipinski definition) is 4.